The molecule has 0 radical (unpaired) electrons. The van der Waals surface area contributed by atoms with Gasteiger partial charge in [-0.1, -0.05) is 30.2 Å². The number of aliphatic carboxylic acids is 1. The molecule has 0 saturated heterocycles. The molecule has 1 amide bonds. The fraction of sp³-hybridized carbons (Fsp3) is 0.636. The molecule has 0 aromatic heterocycles. The van der Waals surface area contributed by atoms with Crippen molar-refractivity contribution in [2.45, 2.75) is 62.8 Å². The van der Waals surface area contributed by atoms with Crippen LogP contribution in [0.1, 0.15) is 56.9 Å². The Hall–Kier alpha value is -1.55. The average Bonchev–Trinajstić information content (AvgIpc) is 2.58. The van der Waals surface area contributed by atoms with Crippen molar-refractivity contribution >= 4 is 23.5 Å². The molecule has 144 valence electrons. The van der Waals surface area contributed by atoms with Crippen LogP contribution in [0.15, 0.2) is 24.3 Å². The van der Waals surface area contributed by atoms with E-state index in [1.54, 1.807) is 0 Å². The van der Waals surface area contributed by atoms with Gasteiger partial charge in [-0.3, -0.25) is 9.59 Å². The average molecular weight is 388 g/mol. The van der Waals surface area contributed by atoms with Gasteiger partial charge in [0.25, 0.3) is 0 Å². The third kappa shape index (κ3) is 2.55. The van der Waals surface area contributed by atoms with E-state index < -0.39 is 16.8 Å². The highest BCUT2D eigenvalue weighted by Gasteiger charge is 2.59. The highest BCUT2D eigenvalue weighted by molar-refractivity contribution is 6.30. The van der Waals surface area contributed by atoms with E-state index in [2.05, 4.69) is 5.32 Å². The largest absolute Gasteiger partial charge is 0.481 e. The van der Waals surface area contributed by atoms with Crippen molar-refractivity contribution < 1.29 is 14.7 Å². The molecule has 4 nitrogen and oxygen atoms in total. The lowest BCUT2D eigenvalue weighted by molar-refractivity contribution is -0.168. The molecule has 0 aliphatic heterocycles. The fourth-order valence-electron chi connectivity index (χ4n) is 6.76. The van der Waals surface area contributed by atoms with E-state index in [1.807, 2.05) is 24.3 Å². The second-order valence-electron chi connectivity index (χ2n) is 9.50. The van der Waals surface area contributed by atoms with Crippen LogP contribution in [-0.2, 0) is 15.0 Å². The summed E-state index contributed by atoms with van der Waals surface area (Å²) in [7, 11) is 0. The number of carbonyl (C=O) groups excluding carboxylic acids is 1. The van der Waals surface area contributed by atoms with Crippen LogP contribution < -0.4 is 5.32 Å². The predicted molar refractivity (Wildman–Crippen MR) is 103 cm³/mol. The molecule has 27 heavy (non-hydrogen) atoms. The summed E-state index contributed by atoms with van der Waals surface area (Å²) in [6.45, 7) is 0. The quantitative estimate of drug-likeness (QED) is 0.815. The molecule has 5 aliphatic rings. The van der Waals surface area contributed by atoms with Crippen molar-refractivity contribution in [2.75, 3.05) is 0 Å². The first-order valence-corrected chi connectivity index (χ1v) is 10.6. The van der Waals surface area contributed by atoms with Crippen LogP contribution in [0.4, 0.5) is 0 Å². The van der Waals surface area contributed by atoms with Gasteiger partial charge in [0.15, 0.2) is 0 Å². The Morgan fingerprint density at radius 3 is 2.19 bits per heavy atom. The Kier molecular flexibility index (Phi) is 3.88. The van der Waals surface area contributed by atoms with Crippen LogP contribution in [0.5, 0.6) is 0 Å². The summed E-state index contributed by atoms with van der Waals surface area (Å²) < 4.78 is 0. The molecule has 3 unspecified atom stereocenters. The summed E-state index contributed by atoms with van der Waals surface area (Å²) in [6, 6.07) is 7.84. The first kappa shape index (κ1) is 17.5. The molecule has 0 spiro atoms. The Morgan fingerprint density at radius 2 is 1.67 bits per heavy atom. The lowest BCUT2D eigenvalue weighted by Gasteiger charge is -2.58. The summed E-state index contributed by atoms with van der Waals surface area (Å²) in [5.74, 6) is 0.680. The first-order chi connectivity index (χ1) is 12.9. The number of hydrogen-bond donors (Lipinski definition) is 2. The monoisotopic (exact) mass is 387 g/mol. The van der Waals surface area contributed by atoms with Crippen molar-refractivity contribution in [2.24, 2.45) is 23.2 Å². The summed E-state index contributed by atoms with van der Waals surface area (Å²) in [5, 5.41) is 13.9. The van der Waals surface area contributed by atoms with Gasteiger partial charge in [-0.05, 0) is 80.4 Å². The van der Waals surface area contributed by atoms with E-state index in [1.165, 1.54) is 0 Å². The number of carbonyl (C=O) groups is 2. The molecule has 4 bridgehead atoms. The van der Waals surface area contributed by atoms with Gasteiger partial charge in [-0.25, -0.2) is 0 Å². The van der Waals surface area contributed by atoms with E-state index in [0.29, 0.717) is 22.8 Å². The van der Waals surface area contributed by atoms with E-state index in [9.17, 15) is 14.7 Å². The van der Waals surface area contributed by atoms with Crippen LogP contribution in [0.2, 0.25) is 5.02 Å². The molecule has 5 saturated carbocycles. The Bertz CT molecular complexity index is 769. The number of nitrogens with one attached hydrogen (secondary N) is 1. The molecule has 2 N–H and O–H groups in total. The molecule has 6 rings (SSSR count). The second-order valence-corrected chi connectivity index (χ2v) is 9.93. The van der Waals surface area contributed by atoms with Gasteiger partial charge in [-0.15, -0.1) is 0 Å². The maximum atomic E-state index is 13.4. The zero-order chi connectivity index (χ0) is 18.8. The Labute approximate surface area is 164 Å². The van der Waals surface area contributed by atoms with Crippen LogP contribution in [-0.4, -0.2) is 23.0 Å². The maximum Gasteiger partial charge on any atom is 0.309 e. The molecule has 5 fully saturated rings. The normalized spacial score (nSPS) is 38.3. The van der Waals surface area contributed by atoms with Gasteiger partial charge < -0.3 is 10.4 Å². The fourth-order valence-corrected chi connectivity index (χ4v) is 6.88. The predicted octanol–water partition coefficient (Wildman–Crippen LogP) is 4.16. The number of hydrogen-bond acceptors (Lipinski definition) is 2. The second kappa shape index (κ2) is 5.97. The number of benzene rings is 1. The summed E-state index contributed by atoms with van der Waals surface area (Å²) in [4.78, 5) is 25.3. The summed E-state index contributed by atoms with van der Waals surface area (Å²) in [5.41, 5.74) is 0.104. The van der Waals surface area contributed by atoms with Crippen molar-refractivity contribution in [1.29, 1.82) is 0 Å². The molecule has 0 heterocycles. The minimum Gasteiger partial charge on any atom is -0.481 e. The van der Waals surface area contributed by atoms with Crippen molar-refractivity contribution in [1.82, 2.24) is 5.32 Å². The molecule has 1 aromatic rings. The Morgan fingerprint density at radius 1 is 1.04 bits per heavy atom. The van der Waals surface area contributed by atoms with Gasteiger partial charge in [0.1, 0.15) is 0 Å². The summed E-state index contributed by atoms with van der Waals surface area (Å²) in [6.07, 6.45) is 7.27. The van der Waals surface area contributed by atoms with Crippen LogP contribution >= 0.6 is 11.6 Å². The van der Waals surface area contributed by atoms with Gasteiger partial charge in [-0.2, -0.15) is 0 Å². The van der Waals surface area contributed by atoms with E-state index >= 15 is 0 Å². The first-order valence-electron chi connectivity index (χ1n) is 10.2. The SMILES string of the molecule is O=C(O)C12CC3C[C@H](C1)C(NC(=O)C1(c4ccc(Cl)cc4)CCC1)[C@@H](C3)C2. The van der Waals surface area contributed by atoms with Gasteiger partial charge in [0, 0.05) is 11.1 Å². The van der Waals surface area contributed by atoms with E-state index in [4.69, 9.17) is 11.6 Å². The van der Waals surface area contributed by atoms with Crippen molar-refractivity contribution in [3.8, 4) is 0 Å². The number of halogens is 1. The lowest BCUT2D eigenvalue weighted by atomic mass is 9.47. The van der Waals surface area contributed by atoms with E-state index in [0.717, 1.165) is 56.9 Å². The highest BCUT2D eigenvalue weighted by atomic mass is 35.5. The zero-order valence-electron chi connectivity index (χ0n) is 15.4. The van der Waals surface area contributed by atoms with Crippen molar-refractivity contribution in [3.63, 3.8) is 0 Å². The third-order valence-corrected chi connectivity index (χ3v) is 8.32. The van der Waals surface area contributed by atoms with Crippen LogP contribution in [0.3, 0.4) is 0 Å². The standard InChI is InChI=1S/C22H26ClNO3/c23-17-4-2-16(3-5-17)22(6-1-7-22)19(25)24-18-14-8-13-9-15(18)12-21(10-13,11-14)20(26)27/h2-5,13-15,18H,1,6-12H2,(H,24,25)(H,26,27)/t13?,14-,15+,18?,21?. The van der Waals surface area contributed by atoms with E-state index in [-0.39, 0.29) is 11.9 Å². The number of rotatable bonds is 4. The van der Waals surface area contributed by atoms with Crippen molar-refractivity contribution in [3.05, 3.63) is 34.9 Å². The minimum absolute atomic E-state index is 0.137. The maximum absolute atomic E-state index is 13.4. The number of carboxylic acids is 1. The molecular weight excluding hydrogens is 362 g/mol. The Balaban J connectivity index is 1.37. The smallest absolute Gasteiger partial charge is 0.309 e. The molecule has 1 aromatic carbocycles. The van der Waals surface area contributed by atoms with Crippen LogP contribution in [0, 0.1) is 23.2 Å². The highest BCUT2D eigenvalue weighted by Crippen LogP contribution is 2.60. The molecule has 5 atom stereocenters. The van der Waals surface area contributed by atoms with Gasteiger partial charge in [0.2, 0.25) is 5.91 Å². The third-order valence-electron chi connectivity index (χ3n) is 8.06. The zero-order valence-corrected chi connectivity index (χ0v) is 16.2. The topological polar surface area (TPSA) is 66.4 Å². The van der Waals surface area contributed by atoms with Gasteiger partial charge >= 0.3 is 5.97 Å². The number of carboxylic acid groups (broad SMARTS) is 1. The number of amides is 1. The minimum atomic E-state index is -0.622. The van der Waals surface area contributed by atoms with Gasteiger partial charge in [0.05, 0.1) is 10.8 Å². The summed E-state index contributed by atoms with van der Waals surface area (Å²) >= 11 is 6.03. The molecule has 5 aliphatic carbocycles. The van der Waals surface area contributed by atoms with Crippen LogP contribution in [0.25, 0.3) is 0 Å². The molecule has 5 heteroatoms. The molecular formula is C22H26ClNO3. The lowest BCUT2D eigenvalue weighted by Crippen LogP contribution is -2.63.